The number of pyridine rings is 1. The van der Waals surface area contributed by atoms with Gasteiger partial charge in [-0.15, -0.1) is 0 Å². The fourth-order valence-corrected chi connectivity index (χ4v) is 4.70. The Morgan fingerprint density at radius 1 is 0.962 bits per heavy atom. The molecule has 0 aliphatic carbocycles. The molecule has 0 saturated carbocycles. The predicted octanol–water partition coefficient (Wildman–Crippen LogP) is 3.00. The Balaban J connectivity index is 2.03. The molecule has 2 aromatic heterocycles. The maximum atomic E-state index is 12.9. The molecule has 6 nitrogen and oxygen atoms in total. The van der Waals surface area contributed by atoms with Gasteiger partial charge in [0.15, 0.2) is 0 Å². The molecule has 0 saturated heterocycles. The SMILES string of the molecule is Cc1c(C)c(C)c(S(=O)(=O)NC(=O)c2cn3ccccc3n2)c(C)c1C. The minimum Gasteiger partial charge on any atom is -0.306 e. The van der Waals surface area contributed by atoms with Gasteiger partial charge in [-0.2, -0.15) is 0 Å². The molecule has 1 aromatic carbocycles. The lowest BCUT2D eigenvalue weighted by Gasteiger charge is -2.18. The minimum absolute atomic E-state index is 0.0515. The summed E-state index contributed by atoms with van der Waals surface area (Å²) in [4.78, 5) is 16.8. The molecular formula is C19H21N3O3S. The number of rotatable bonds is 3. The summed E-state index contributed by atoms with van der Waals surface area (Å²) in [6.45, 7) is 9.27. The van der Waals surface area contributed by atoms with Crippen LogP contribution in [0.25, 0.3) is 5.65 Å². The molecule has 0 aliphatic rings. The van der Waals surface area contributed by atoms with Crippen LogP contribution in [0.4, 0.5) is 0 Å². The highest BCUT2D eigenvalue weighted by atomic mass is 32.2. The van der Waals surface area contributed by atoms with Gasteiger partial charge in [0.1, 0.15) is 11.3 Å². The molecular weight excluding hydrogens is 350 g/mol. The van der Waals surface area contributed by atoms with Gasteiger partial charge in [-0.3, -0.25) is 4.79 Å². The fraction of sp³-hybridized carbons (Fsp3) is 0.263. The van der Waals surface area contributed by atoms with Crippen LogP contribution >= 0.6 is 0 Å². The van der Waals surface area contributed by atoms with Crippen molar-refractivity contribution in [3.05, 3.63) is 64.1 Å². The summed E-state index contributed by atoms with van der Waals surface area (Å²) >= 11 is 0. The van der Waals surface area contributed by atoms with Crippen LogP contribution in [-0.4, -0.2) is 23.7 Å². The van der Waals surface area contributed by atoms with E-state index in [0.29, 0.717) is 16.8 Å². The summed E-state index contributed by atoms with van der Waals surface area (Å²) in [5.74, 6) is -0.747. The summed E-state index contributed by atoms with van der Waals surface area (Å²) in [5, 5.41) is 0. The second kappa shape index (κ2) is 6.25. The van der Waals surface area contributed by atoms with E-state index >= 15 is 0 Å². The summed E-state index contributed by atoms with van der Waals surface area (Å²) in [6, 6.07) is 5.34. The van der Waals surface area contributed by atoms with Crippen LogP contribution in [0, 0.1) is 34.6 Å². The molecule has 2 heterocycles. The number of benzene rings is 1. The first-order valence-corrected chi connectivity index (χ1v) is 9.69. The molecule has 0 atom stereocenters. The third-order valence-electron chi connectivity index (χ3n) is 5.02. The summed E-state index contributed by atoms with van der Waals surface area (Å²) in [5.41, 5.74) is 4.81. The third kappa shape index (κ3) is 2.88. The van der Waals surface area contributed by atoms with Crippen LogP contribution in [0.3, 0.4) is 0 Å². The van der Waals surface area contributed by atoms with E-state index in [1.807, 2.05) is 20.8 Å². The zero-order valence-electron chi connectivity index (χ0n) is 15.4. The second-order valence-corrected chi connectivity index (χ2v) is 8.10. The van der Waals surface area contributed by atoms with E-state index < -0.39 is 15.9 Å². The largest absolute Gasteiger partial charge is 0.306 e. The van der Waals surface area contributed by atoms with Gasteiger partial charge in [-0.05, 0) is 74.6 Å². The molecule has 7 heteroatoms. The van der Waals surface area contributed by atoms with Crippen LogP contribution in [0.1, 0.15) is 38.3 Å². The standard InChI is InChI=1S/C19H21N3O3S/c1-11-12(2)14(4)18(15(5)13(11)3)26(24,25)21-19(23)16-10-22-9-7-6-8-17(22)20-16/h6-10H,1-5H3,(H,21,23). The van der Waals surface area contributed by atoms with Gasteiger partial charge in [0.05, 0.1) is 4.90 Å². The Bertz CT molecular complexity index is 1080. The summed E-state index contributed by atoms with van der Waals surface area (Å²) in [7, 11) is -4.02. The maximum absolute atomic E-state index is 12.9. The zero-order chi connectivity index (χ0) is 19.2. The number of imidazole rings is 1. The van der Waals surface area contributed by atoms with Crippen molar-refractivity contribution in [1.82, 2.24) is 14.1 Å². The Morgan fingerprint density at radius 2 is 1.54 bits per heavy atom. The van der Waals surface area contributed by atoms with Gasteiger partial charge in [-0.1, -0.05) is 6.07 Å². The lowest BCUT2D eigenvalue weighted by Crippen LogP contribution is -2.32. The van der Waals surface area contributed by atoms with Crippen molar-refractivity contribution in [2.24, 2.45) is 0 Å². The van der Waals surface area contributed by atoms with Crippen molar-refractivity contribution < 1.29 is 13.2 Å². The van der Waals surface area contributed by atoms with Gasteiger partial charge in [0, 0.05) is 12.4 Å². The number of hydrogen-bond donors (Lipinski definition) is 1. The van der Waals surface area contributed by atoms with Crippen molar-refractivity contribution in [2.75, 3.05) is 0 Å². The molecule has 0 fully saturated rings. The molecule has 0 unspecified atom stereocenters. The number of aromatic nitrogens is 2. The minimum atomic E-state index is -4.02. The molecule has 0 bridgehead atoms. The average Bonchev–Trinajstić information content (AvgIpc) is 3.02. The van der Waals surface area contributed by atoms with Crippen molar-refractivity contribution in [3.8, 4) is 0 Å². The Labute approximate surface area is 152 Å². The first-order valence-electron chi connectivity index (χ1n) is 8.21. The van der Waals surface area contributed by atoms with Crippen molar-refractivity contribution in [2.45, 2.75) is 39.5 Å². The lowest BCUT2D eigenvalue weighted by atomic mass is 9.95. The number of carbonyl (C=O) groups is 1. The van der Waals surface area contributed by atoms with Gasteiger partial charge in [0.25, 0.3) is 15.9 Å². The monoisotopic (exact) mass is 371 g/mol. The topological polar surface area (TPSA) is 80.5 Å². The highest BCUT2D eigenvalue weighted by Crippen LogP contribution is 2.29. The average molecular weight is 371 g/mol. The molecule has 3 aromatic rings. The summed E-state index contributed by atoms with van der Waals surface area (Å²) in [6.07, 6.45) is 3.25. The normalized spacial score (nSPS) is 11.7. The molecule has 0 aliphatic heterocycles. The van der Waals surface area contributed by atoms with E-state index in [9.17, 15) is 13.2 Å². The number of nitrogens with zero attached hydrogens (tertiary/aromatic N) is 2. The van der Waals surface area contributed by atoms with E-state index in [2.05, 4.69) is 9.71 Å². The fourth-order valence-electron chi connectivity index (χ4n) is 3.14. The Morgan fingerprint density at radius 3 is 2.12 bits per heavy atom. The number of hydrogen-bond acceptors (Lipinski definition) is 4. The molecule has 26 heavy (non-hydrogen) atoms. The Hall–Kier alpha value is -2.67. The first-order chi connectivity index (χ1) is 12.1. The number of nitrogens with one attached hydrogen (secondary N) is 1. The van der Waals surface area contributed by atoms with E-state index in [4.69, 9.17) is 0 Å². The highest BCUT2D eigenvalue weighted by molar-refractivity contribution is 7.90. The van der Waals surface area contributed by atoms with Gasteiger partial charge < -0.3 is 4.40 Å². The molecule has 0 radical (unpaired) electrons. The van der Waals surface area contributed by atoms with E-state index in [1.165, 1.54) is 6.20 Å². The van der Waals surface area contributed by atoms with Crippen LogP contribution in [-0.2, 0) is 10.0 Å². The molecule has 0 spiro atoms. The number of amides is 1. The second-order valence-electron chi connectivity index (χ2n) is 6.48. The van der Waals surface area contributed by atoms with Crippen LogP contribution in [0.15, 0.2) is 35.5 Å². The molecule has 1 amide bonds. The molecule has 136 valence electrons. The van der Waals surface area contributed by atoms with Crippen LogP contribution in [0.2, 0.25) is 0 Å². The van der Waals surface area contributed by atoms with Crippen molar-refractivity contribution >= 4 is 21.6 Å². The van der Waals surface area contributed by atoms with Crippen LogP contribution < -0.4 is 4.72 Å². The summed E-state index contributed by atoms with van der Waals surface area (Å²) < 4.78 is 29.7. The number of sulfonamides is 1. The Kier molecular flexibility index (Phi) is 4.36. The molecule has 1 N–H and O–H groups in total. The van der Waals surface area contributed by atoms with Crippen molar-refractivity contribution in [3.63, 3.8) is 0 Å². The number of fused-ring (bicyclic) bond motifs is 1. The number of carbonyl (C=O) groups excluding carboxylic acids is 1. The maximum Gasteiger partial charge on any atom is 0.285 e. The van der Waals surface area contributed by atoms with Gasteiger partial charge in [0.2, 0.25) is 0 Å². The quantitative estimate of drug-likeness (QED) is 0.767. The van der Waals surface area contributed by atoms with E-state index in [1.54, 1.807) is 42.6 Å². The molecule has 3 rings (SSSR count). The third-order valence-corrected chi connectivity index (χ3v) is 6.63. The lowest BCUT2D eigenvalue weighted by molar-refractivity contribution is 0.0977. The van der Waals surface area contributed by atoms with E-state index in [-0.39, 0.29) is 10.6 Å². The van der Waals surface area contributed by atoms with Gasteiger partial charge >= 0.3 is 0 Å². The smallest absolute Gasteiger partial charge is 0.285 e. The zero-order valence-corrected chi connectivity index (χ0v) is 16.2. The van der Waals surface area contributed by atoms with E-state index in [0.717, 1.165) is 16.7 Å². The van der Waals surface area contributed by atoms with Crippen LogP contribution in [0.5, 0.6) is 0 Å². The van der Waals surface area contributed by atoms with Crippen molar-refractivity contribution in [1.29, 1.82) is 0 Å². The first kappa shape index (κ1) is 18.1. The predicted molar refractivity (Wildman–Crippen MR) is 100.0 cm³/mol. The highest BCUT2D eigenvalue weighted by Gasteiger charge is 2.26. The van der Waals surface area contributed by atoms with Gasteiger partial charge in [-0.25, -0.2) is 18.1 Å².